The standard InChI is InChI=1S/C17H18BrNO2/c1-20-16-7-6-13(18)10-12(16)11-19-15-8-9-21-17-5-3-2-4-14(15)17/h2-7,10,15,19H,8-9,11H2,1H3/t15-/m0/s1. The summed E-state index contributed by atoms with van der Waals surface area (Å²) in [5, 5.41) is 3.62. The highest BCUT2D eigenvalue weighted by Crippen LogP contribution is 2.32. The van der Waals surface area contributed by atoms with E-state index < -0.39 is 0 Å². The summed E-state index contributed by atoms with van der Waals surface area (Å²) in [5.41, 5.74) is 2.38. The number of halogens is 1. The smallest absolute Gasteiger partial charge is 0.124 e. The van der Waals surface area contributed by atoms with Crippen LogP contribution in [0.15, 0.2) is 46.9 Å². The van der Waals surface area contributed by atoms with Crippen molar-refractivity contribution in [3.8, 4) is 11.5 Å². The van der Waals surface area contributed by atoms with Gasteiger partial charge in [-0.25, -0.2) is 0 Å². The topological polar surface area (TPSA) is 30.5 Å². The summed E-state index contributed by atoms with van der Waals surface area (Å²) in [6.07, 6.45) is 0.979. The second kappa shape index (κ2) is 6.50. The van der Waals surface area contributed by atoms with Gasteiger partial charge >= 0.3 is 0 Å². The lowest BCUT2D eigenvalue weighted by Gasteiger charge is -2.27. The Bertz CT molecular complexity index is 630. The summed E-state index contributed by atoms with van der Waals surface area (Å²) in [7, 11) is 1.70. The van der Waals surface area contributed by atoms with Crippen molar-refractivity contribution in [2.75, 3.05) is 13.7 Å². The lowest BCUT2D eigenvalue weighted by Crippen LogP contribution is -2.26. The third kappa shape index (κ3) is 3.22. The van der Waals surface area contributed by atoms with Crippen LogP contribution in [0, 0.1) is 0 Å². The molecule has 1 aliphatic rings. The SMILES string of the molecule is COc1ccc(Br)cc1CN[C@H]1CCOc2ccccc21. The molecule has 0 unspecified atom stereocenters. The first kappa shape index (κ1) is 14.4. The minimum absolute atomic E-state index is 0.318. The number of nitrogens with one attached hydrogen (secondary N) is 1. The first-order valence-corrected chi connectivity index (χ1v) is 7.85. The third-order valence-corrected chi connectivity index (χ3v) is 4.23. The van der Waals surface area contributed by atoms with Gasteiger partial charge in [-0.15, -0.1) is 0 Å². The van der Waals surface area contributed by atoms with Gasteiger partial charge in [0.15, 0.2) is 0 Å². The van der Waals surface area contributed by atoms with Gasteiger partial charge in [0.2, 0.25) is 0 Å². The number of methoxy groups -OCH3 is 1. The fourth-order valence-corrected chi connectivity index (χ4v) is 3.08. The molecule has 1 atom stereocenters. The molecule has 0 aromatic heterocycles. The van der Waals surface area contributed by atoms with E-state index in [1.54, 1.807) is 7.11 Å². The van der Waals surface area contributed by atoms with E-state index in [1.165, 1.54) is 5.56 Å². The minimum Gasteiger partial charge on any atom is -0.496 e. The molecule has 0 bridgehead atoms. The lowest BCUT2D eigenvalue weighted by molar-refractivity contribution is 0.252. The van der Waals surface area contributed by atoms with Gasteiger partial charge in [-0.05, 0) is 24.3 Å². The van der Waals surface area contributed by atoms with Gasteiger partial charge in [0.1, 0.15) is 11.5 Å². The summed E-state index contributed by atoms with van der Waals surface area (Å²) in [5.74, 6) is 1.90. The van der Waals surface area contributed by atoms with Gasteiger partial charge in [-0.2, -0.15) is 0 Å². The second-order valence-corrected chi connectivity index (χ2v) is 5.98. The molecular formula is C17H18BrNO2. The largest absolute Gasteiger partial charge is 0.496 e. The lowest BCUT2D eigenvalue weighted by atomic mass is 10.0. The minimum atomic E-state index is 0.318. The van der Waals surface area contributed by atoms with Gasteiger partial charge < -0.3 is 14.8 Å². The Kier molecular flexibility index (Phi) is 4.46. The maximum atomic E-state index is 5.70. The molecule has 0 radical (unpaired) electrons. The molecule has 0 saturated heterocycles. The predicted molar refractivity (Wildman–Crippen MR) is 86.8 cm³/mol. The van der Waals surface area contributed by atoms with Gasteiger partial charge in [0, 0.05) is 34.6 Å². The molecule has 3 nitrogen and oxygen atoms in total. The summed E-state index contributed by atoms with van der Waals surface area (Å²) in [4.78, 5) is 0. The van der Waals surface area contributed by atoms with Gasteiger partial charge in [-0.3, -0.25) is 0 Å². The number of hydrogen-bond donors (Lipinski definition) is 1. The van der Waals surface area contributed by atoms with Crippen molar-refractivity contribution in [2.45, 2.75) is 19.0 Å². The van der Waals surface area contributed by atoms with Crippen molar-refractivity contribution in [1.82, 2.24) is 5.32 Å². The van der Waals surface area contributed by atoms with Gasteiger partial charge in [0.05, 0.1) is 13.7 Å². The molecule has 0 amide bonds. The average Bonchev–Trinajstić information content (AvgIpc) is 2.53. The zero-order chi connectivity index (χ0) is 14.7. The molecular weight excluding hydrogens is 330 g/mol. The zero-order valence-electron chi connectivity index (χ0n) is 11.9. The van der Waals surface area contributed by atoms with Crippen LogP contribution in [0.3, 0.4) is 0 Å². The predicted octanol–water partition coefficient (Wildman–Crippen LogP) is 4.07. The van der Waals surface area contributed by atoms with Crippen LogP contribution in [0.5, 0.6) is 11.5 Å². The molecule has 21 heavy (non-hydrogen) atoms. The normalized spacial score (nSPS) is 17.0. The monoisotopic (exact) mass is 347 g/mol. The summed E-state index contributed by atoms with van der Waals surface area (Å²) in [6.45, 7) is 1.52. The van der Waals surface area contributed by atoms with Crippen LogP contribution in [0.2, 0.25) is 0 Å². The molecule has 110 valence electrons. The number of ether oxygens (including phenoxy) is 2. The van der Waals surface area contributed by atoms with E-state index in [0.717, 1.165) is 41.1 Å². The van der Waals surface area contributed by atoms with Crippen molar-refractivity contribution in [1.29, 1.82) is 0 Å². The van der Waals surface area contributed by atoms with E-state index in [-0.39, 0.29) is 0 Å². The highest BCUT2D eigenvalue weighted by Gasteiger charge is 2.20. The summed E-state index contributed by atoms with van der Waals surface area (Å²) in [6, 6.07) is 14.6. The van der Waals surface area contributed by atoms with E-state index in [4.69, 9.17) is 9.47 Å². The summed E-state index contributed by atoms with van der Waals surface area (Å²) < 4.78 is 12.2. The summed E-state index contributed by atoms with van der Waals surface area (Å²) >= 11 is 3.51. The van der Waals surface area contributed by atoms with Crippen molar-refractivity contribution < 1.29 is 9.47 Å². The van der Waals surface area contributed by atoms with Crippen LogP contribution in [0.25, 0.3) is 0 Å². The quantitative estimate of drug-likeness (QED) is 0.904. The van der Waals surface area contributed by atoms with E-state index in [2.05, 4.69) is 39.4 Å². The maximum Gasteiger partial charge on any atom is 0.124 e. The van der Waals surface area contributed by atoms with Crippen LogP contribution in [-0.4, -0.2) is 13.7 Å². The van der Waals surface area contributed by atoms with E-state index in [9.17, 15) is 0 Å². The average molecular weight is 348 g/mol. The molecule has 0 fully saturated rings. The highest BCUT2D eigenvalue weighted by atomic mass is 79.9. The number of fused-ring (bicyclic) bond motifs is 1. The number of benzene rings is 2. The molecule has 2 aromatic carbocycles. The van der Waals surface area contributed by atoms with Crippen LogP contribution in [-0.2, 0) is 6.54 Å². The molecule has 0 spiro atoms. The van der Waals surface area contributed by atoms with Crippen molar-refractivity contribution in [2.24, 2.45) is 0 Å². The first-order chi connectivity index (χ1) is 10.3. The molecule has 0 aliphatic carbocycles. The fraction of sp³-hybridized carbons (Fsp3) is 0.294. The van der Waals surface area contributed by atoms with Gasteiger partial charge in [-0.1, -0.05) is 34.1 Å². The van der Waals surface area contributed by atoms with Gasteiger partial charge in [0.25, 0.3) is 0 Å². The molecule has 1 aliphatic heterocycles. The zero-order valence-corrected chi connectivity index (χ0v) is 13.5. The van der Waals surface area contributed by atoms with E-state index >= 15 is 0 Å². The Balaban J connectivity index is 1.76. The molecule has 1 heterocycles. The maximum absolute atomic E-state index is 5.70. The van der Waals surface area contributed by atoms with Crippen LogP contribution in [0.4, 0.5) is 0 Å². The van der Waals surface area contributed by atoms with Crippen LogP contribution < -0.4 is 14.8 Å². The number of rotatable bonds is 4. The number of hydrogen-bond acceptors (Lipinski definition) is 3. The Morgan fingerprint density at radius 2 is 2.14 bits per heavy atom. The van der Waals surface area contributed by atoms with E-state index in [1.807, 2.05) is 24.3 Å². The fourth-order valence-electron chi connectivity index (χ4n) is 2.67. The highest BCUT2D eigenvalue weighted by molar-refractivity contribution is 9.10. The Labute approximate surface area is 133 Å². The molecule has 0 saturated carbocycles. The van der Waals surface area contributed by atoms with E-state index in [0.29, 0.717) is 6.04 Å². The number of para-hydroxylation sites is 1. The second-order valence-electron chi connectivity index (χ2n) is 5.06. The molecule has 4 heteroatoms. The first-order valence-electron chi connectivity index (χ1n) is 7.05. The Morgan fingerprint density at radius 1 is 1.29 bits per heavy atom. The van der Waals surface area contributed by atoms with Crippen molar-refractivity contribution in [3.63, 3.8) is 0 Å². The molecule has 1 N–H and O–H groups in total. The van der Waals surface area contributed by atoms with Crippen LogP contribution in [0.1, 0.15) is 23.6 Å². The molecule has 2 aromatic rings. The Hall–Kier alpha value is -1.52. The Morgan fingerprint density at radius 3 is 3.00 bits per heavy atom. The van der Waals surface area contributed by atoms with Crippen molar-refractivity contribution in [3.05, 3.63) is 58.1 Å². The van der Waals surface area contributed by atoms with Crippen molar-refractivity contribution >= 4 is 15.9 Å². The molecule has 3 rings (SSSR count). The van der Waals surface area contributed by atoms with Crippen LogP contribution >= 0.6 is 15.9 Å². The third-order valence-electron chi connectivity index (χ3n) is 3.74.